The van der Waals surface area contributed by atoms with Crippen LogP contribution < -0.4 is 15.4 Å². The molecule has 0 saturated heterocycles. The number of carbonyl (C=O) groups excluding carboxylic acids is 2. The van der Waals surface area contributed by atoms with Crippen molar-refractivity contribution in [3.63, 3.8) is 0 Å². The Kier molecular flexibility index (Phi) is 6.31. The molecule has 0 saturated carbocycles. The maximum absolute atomic E-state index is 12.0. The highest BCUT2D eigenvalue weighted by molar-refractivity contribution is 7.09. The minimum atomic E-state index is -0.735. The first-order valence-corrected chi connectivity index (χ1v) is 8.64. The average molecular weight is 347 g/mol. The summed E-state index contributed by atoms with van der Waals surface area (Å²) in [6.07, 6.45) is 0. The van der Waals surface area contributed by atoms with Gasteiger partial charge in [-0.1, -0.05) is 26.0 Å². The topological polar surface area (TPSA) is 80.3 Å². The Morgan fingerprint density at radius 3 is 2.67 bits per heavy atom. The second kappa shape index (κ2) is 8.44. The molecular weight excluding hydrogens is 326 g/mol. The Labute approximate surface area is 145 Å². The number of rotatable bonds is 6. The highest BCUT2D eigenvalue weighted by Gasteiger charge is 2.16. The van der Waals surface area contributed by atoms with E-state index in [2.05, 4.69) is 29.5 Å². The van der Waals surface area contributed by atoms with Crippen LogP contribution in [-0.2, 0) is 16.1 Å². The van der Waals surface area contributed by atoms with Crippen LogP contribution in [0.3, 0.4) is 0 Å². The lowest BCUT2D eigenvalue weighted by atomic mass is 10.2. The number of nitrogens with one attached hydrogen (secondary N) is 2. The molecule has 1 aromatic carbocycles. The molecule has 2 aromatic rings. The molecule has 1 heterocycles. The third kappa shape index (κ3) is 4.79. The number of ether oxygens (including phenoxy) is 1. The number of para-hydroxylation sites is 2. The Bertz CT molecular complexity index is 713. The number of thiazole rings is 1. The molecule has 2 amide bonds. The molecule has 2 rings (SSSR count). The number of anilines is 1. The quantitative estimate of drug-likeness (QED) is 0.788. The summed E-state index contributed by atoms with van der Waals surface area (Å²) in [5, 5.41) is 8.03. The smallest absolute Gasteiger partial charge is 0.313 e. The van der Waals surface area contributed by atoms with Gasteiger partial charge in [0, 0.05) is 11.3 Å². The largest absolute Gasteiger partial charge is 0.492 e. The molecule has 0 spiro atoms. The summed E-state index contributed by atoms with van der Waals surface area (Å²) in [6, 6.07) is 6.99. The van der Waals surface area contributed by atoms with E-state index in [9.17, 15) is 9.59 Å². The number of benzene rings is 1. The van der Waals surface area contributed by atoms with Crippen LogP contribution in [0.4, 0.5) is 5.69 Å². The maximum atomic E-state index is 12.0. The van der Waals surface area contributed by atoms with Gasteiger partial charge in [0.25, 0.3) is 0 Å². The fourth-order valence-electron chi connectivity index (χ4n) is 1.95. The minimum Gasteiger partial charge on any atom is -0.492 e. The zero-order valence-electron chi connectivity index (χ0n) is 14.0. The monoisotopic (exact) mass is 347 g/mol. The molecule has 1 aromatic heterocycles. The van der Waals surface area contributed by atoms with Crippen LogP contribution in [0, 0.1) is 0 Å². The molecule has 7 heteroatoms. The number of carbonyl (C=O) groups is 2. The van der Waals surface area contributed by atoms with Crippen molar-refractivity contribution >= 4 is 28.8 Å². The summed E-state index contributed by atoms with van der Waals surface area (Å²) in [7, 11) is 0. The van der Waals surface area contributed by atoms with Crippen LogP contribution in [0.15, 0.2) is 29.6 Å². The van der Waals surface area contributed by atoms with E-state index in [1.807, 2.05) is 12.3 Å². The van der Waals surface area contributed by atoms with Crippen molar-refractivity contribution in [2.45, 2.75) is 33.2 Å². The van der Waals surface area contributed by atoms with Gasteiger partial charge >= 0.3 is 11.8 Å². The maximum Gasteiger partial charge on any atom is 0.313 e. The van der Waals surface area contributed by atoms with E-state index in [0.29, 0.717) is 24.0 Å². The standard InChI is InChI=1S/C17H21N3O3S/c1-4-23-14-8-6-5-7-13(14)20-16(22)15(21)18-9-12-10-24-17(19-12)11(2)3/h5-8,10-11H,4,9H2,1-3H3,(H,18,21)(H,20,22). The lowest BCUT2D eigenvalue weighted by Gasteiger charge is -2.10. The highest BCUT2D eigenvalue weighted by Crippen LogP contribution is 2.23. The molecule has 24 heavy (non-hydrogen) atoms. The third-order valence-corrected chi connectivity index (χ3v) is 4.33. The van der Waals surface area contributed by atoms with E-state index in [4.69, 9.17) is 4.74 Å². The van der Waals surface area contributed by atoms with Crippen molar-refractivity contribution in [2.75, 3.05) is 11.9 Å². The van der Waals surface area contributed by atoms with E-state index in [1.165, 1.54) is 0 Å². The van der Waals surface area contributed by atoms with Gasteiger partial charge in [0.1, 0.15) is 5.75 Å². The Hall–Kier alpha value is -2.41. The predicted molar refractivity (Wildman–Crippen MR) is 94.3 cm³/mol. The molecular formula is C17H21N3O3S. The van der Waals surface area contributed by atoms with Gasteiger partial charge in [-0.05, 0) is 19.1 Å². The van der Waals surface area contributed by atoms with Crippen LogP contribution in [0.5, 0.6) is 5.75 Å². The molecule has 0 bridgehead atoms. The first-order chi connectivity index (χ1) is 11.5. The SMILES string of the molecule is CCOc1ccccc1NC(=O)C(=O)NCc1csc(C(C)C)n1. The summed E-state index contributed by atoms with van der Waals surface area (Å²) in [5.74, 6) is -0.568. The molecule has 0 aliphatic carbocycles. The molecule has 0 radical (unpaired) electrons. The predicted octanol–water partition coefficient (Wildman–Crippen LogP) is 2.92. The number of amides is 2. The highest BCUT2D eigenvalue weighted by atomic mass is 32.1. The van der Waals surface area contributed by atoms with E-state index in [0.717, 1.165) is 10.7 Å². The molecule has 0 aliphatic rings. The van der Waals surface area contributed by atoms with Crippen molar-refractivity contribution < 1.29 is 14.3 Å². The fraction of sp³-hybridized carbons (Fsp3) is 0.353. The van der Waals surface area contributed by atoms with E-state index >= 15 is 0 Å². The second-order valence-electron chi connectivity index (χ2n) is 5.40. The van der Waals surface area contributed by atoms with Gasteiger partial charge in [-0.3, -0.25) is 9.59 Å². The molecule has 0 unspecified atom stereocenters. The van der Waals surface area contributed by atoms with Gasteiger partial charge in [0.15, 0.2) is 0 Å². The molecule has 128 valence electrons. The van der Waals surface area contributed by atoms with E-state index < -0.39 is 11.8 Å². The average Bonchev–Trinajstić information content (AvgIpc) is 3.04. The van der Waals surface area contributed by atoms with Gasteiger partial charge in [0.05, 0.1) is 29.5 Å². The van der Waals surface area contributed by atoms with Crippen molar-refractivity contribution in [3.8, 4) is 5.75 Å². The lowest BCUT2D eigenvalue weighted by molar-refractivity contribution is -0.136. The molecule has 2 N–H and O–H groups in total. The number of nitrogens with zero attached hydrogens (tertiary/aromatic N) is 1. The van der Waals surface area contributed by atoms with Crippen LogP contribution in [0.25, 0.3) is 0 Å². The Morgan fingerprint density at radius 1 is 1.25 bits per heavy atom. The minimum absolute atomic E-state index is 0.225. The second-order valence-corrected chi connectivity index (χ2v) is 6.29. The zero-order valence-corrected chi connectivity index (χ0v) is 14.8. The summed E-state index contributed by atoms with van der Waals surface area (Å²) in [4.78, 5) is 28.4. The lowest BCUT2D eigenvalue weighted by Crippen LogP contribution is -2.35. The van der Waals surface area contributed by atoms with Gasteiger partial charge in [-0.25, -0.2) is 4.98 Å². The molecule has 6 nitrogen and oxygen atoms in total. The Balaban J connectivity index is 1.91. The fourth-order valence-corrected chi connectivity index (χ4v) is 2.79. The van der Waals surface area contributed by atoms with Crippen molar-refractivity contribution in [1.82, 2.24) is 10.3 Å². The van der Waals surface area contributed by atoms with Gasteiger partial charge < -0.3 is 15.4 Å². The van der Waals surface area contributed by atoms with Gasteiger partial charge in [-0.15, -0.1) is 11.3 Å². The normalized spacial score (nSPS) is 10.5. The van der Waals surface area contributed by atoms with Crippen LogP contribution in [0.2, 0.25) is 0 Å². The number of hydrogen-bond donors (Lipinski definition) is 2. The Morgan fingerprint density at radius 2 is 2.00 bits per heavy atom. The van der Waals surface area contributed by atoms with Crippen molar-refractivity contribution in [1.29, 1.82) is 0 Å². The van der Waals surface area contributed by atoms with Gasteiger partial charge in [0.2, 0.25) is 0 Å². The number of hydrogen-bond acceptors (Lipinski definition) is 5. The van der Waals surface area contributed by atoms with Crippen molar-refractivity contribution in [2.24, 2.45) is 0 Å². The molecule has 0 atom stereocenters. The summed E-state index contributed by atoms with van der Waals surface area (Å²) in [6.45, 7) is 6.67. The third-order valence-electron chi connectivity index (χ3n) is 3.13. The van der Waals surface area contributed by atoms with E-state index in [1.54, 1.807) is 35.6 Å². The summed E-state index contributed by atoms with van der Waals surface area (Å²) >= 11 is 1.55. The van der Waals surface area contributed by atoms with Crippen LogP contribution in [0.1, 0.15) is 37.4 Å². The number of aromatic nitrogens is 1. The first-order valence-electron chi connectivity index (χ1n) is 7.76. The summed E-state index contributed by atoms with van der Waals surface area (Å²) < 4.78 is 5.42. The molecule has 0 fully saturated rings. The van der Waals surface area contributed by atoms with Crippen molar-refractivity contribution in [3.05, 3.63) is 40.3 Å². The summed E-state index contributed by atoms with van der Waals surface area (Å²) in [5.41, 5.74) is 1.22. The van der Waals surface area contributed by atoms with Crippen LogP contribution in [-0.4, -0.2) is 23.4 Å². The van der Waals surface area contributed by atoms with E-state index in [-0.39, 0.29) is 6.54 Å². The first kappa shape index (κ1) is 17.9. The van der Waals surface area contributed by atoms with Gasteiger partial charge in [-0.2, -0.15) is 0 Å². The zero-order chi connectivity index (χ0) is 17.5. The molecule has 0 aliphatic heterocycles. The van der Waals surface area contributed by atoms with Crippen LogP contribution >= 0.6 is 11.3 Å².